The lowest BCUT2D eigenvalue weighted by Gasteiger charge is -2.03. The van der Waals surface area contributed by atoms with Crippen LogP contribution >= 0.6 is 23.1 Å². The van der Waals surface area contributed by atoms with Crippen molar-refractivity contribution in [2.45, 2.75) is 17.8 Å². The number of aryl methyl sites for hydroxylation is 1. The molecule has 0 atom stereocenters. The summed E-state index contributed by atoms with van der Waals surface area (Å²) in [5.74, 6) is 0.783. The lowest BCUT2D eigenvalue weighted by molar-refractivity contribution is 0.980. The number of benzene rings is 2. The quantitative estimate of drug-likeness (QED) is 0.397. The summed E-state index contributed by atoms with van der Waals surface area (Å²) >= 11 is 3.07. The van der Waals surface area contributed by atoms with E-state index in [1.54, 1.807) is 11.8 Å². The number of fused-ring (bicyclic) bond motifs is 1. The van der Waals surface area contributed by atoms with Crippen molar-refractivity contribution >= 4 is 33.3 Å². The van der Waals surface area contributed by atoms with Gasteiger partial charge >= 0.3 is 0 Å². The van der Waals surface area contributed by atoms with E-state index in [0.29, 0.717) is 10.5 Å². The number of H-pyrrole nitrogens is 1. The molecule has 2 aromatic heterocycles. The lowest BCUT2D eigenvalue weighted by atomic mass is 10.1. The van der Waals surface area contributed by atoms with Crippen LogP contribution in [0.25, 0.3) is 21.3 Å². The highest BCUT2D eigenvalue weighted by Gasteiger charge is 2.13. The molecule has 0 spiro atoms. The molecular formula is C20H16N2OS2. The van der Waals surface area contributed by atoms with Gasteiger partial charge in [0.25, 0.3) is 5.56 Å². The Morgan fingerprint density at radius 3 is 2.60 bits per heavy atom. The molecule has 124 valence electrons. The second-order valence-electron chi connectivity index (χ2n) is 5.84. The summed E-state index contributed by atoms with van der Waals surface area (Å²) in [5, 5.41) is 3.35. The van der Waals surface area contributed by atoms with Gasteiger partial charge in [-0.25, -0.2) is 4.98 Å². The van der Waals surface area contributed by atoms with Crippen molar-refractivity contribution in [1.82, 2.24) is 9.97 Å². The fourth-order valence-corrected chi connectivity index (χ4v) is 4.49. The minimum absolute atomic E-state index is 0.0727. The van der Waals surface area contributed by atoms with Crippen molar-refractivity contribution < 1.29 is 0 Å². The Bertz CT molecular complexity index is 1070. The number of nitrogens with one attached hydrogen (secondary N) is 1. The molecule has 5 heteroatoms. The van der Waals surface area contributed by atoms with Crippen molar-refractivity contribution in [3.63, 3.8) is 0 Å². The van der Waals surface area contributed by atoms with Gasteiger partial charge < -0.3 is 4.98 Å². The van der Waals surface area contributed by atoms with Crippen LogP contribution in [0.4, 0.5) is 0 Å². The molecule has 4 rings (SSSR count). The zero-order chi connectivity index (χ0) is 17.2. The third-order valence-corrected chi connectivity index (χ3v) is 5.82. The van der Waals surface area contributed by atoms with Crippen molar-refractivity contribution in [3.05, 3.63) is 81.5 Å². The normalized spacial score (nSPS) is 11.1. The third kappa shape index (κ3) is 3.38. The zero-order valence-corrected chi connectivity index (χ0v) is 15.3. The predicted octanol–water partition coefficient (Wildman–Crippen LogP) is 5.25. The summed E-state index contributed by atoms with van der Waals surface area (Å²) in [4.78, 5) is 21.0. The van der Waals surface area contributed by atoms with Gasteiger partial charge in [-0.2, -0.15) is 0 Å². The van der Waals surface area contributed by atoms with Crippen LogP contribution in [0.1, 0.15) is 11.1 Å². The Morgan fingerprint density at radius 2 is 1.84 bits per heavy atom. The molecule has 2 aromatic carbocycles. The zero-order valence-electron chi connectivity index (χ0n) is 13.7. The highest BCUT2D eigenvalue weighted by Crippen LogP contribution is 2.31. The van der Waals surface area contributed by atoms with Crippen molar-refractivity contribution in [2.75, 3.05) is 0 Å². The van der Waals surface area contributed by atoms with Crippen LogP contribution in [-0.4, -0.2) is 9.97 Å². The van der Waals surface area contributed by atoms with Crippen molar-refractivity contribution in [2.24, 2.45) is 0 Å². The highest BCUT2D eigenvalue weighted by molar-refractivity contribution is 7.98. The number of aromatic nitrogens is 2. The van der Waals surface area contributed by atoms with Crippen LogP contribution in [-0.2, 0) is 5.75 Å². The summed E-state index contributed by atoms with van der Waals surface area (Å²) < 4.78 is 0. The summed E-state index contributed by atoms with van der Waals surface area (Å²) in [7, 11) is 0. The molecule has 3 nitrogen and oxygen atoms in total. The lowest BCUT2D eigenvalue weighted by Crippen LogP contribution is -2.08. The van der Waals surface area contributed by atoms with E-state index < -0.39 is 0 Å². The predicted molar refractivity (Wildman–Crippen MR) is 106 cm³/mol. The van der Waals surface area contributed by atoms with Gasteiger partial charge in [-0.3, -0.25) is 4.79 Å². The second kappa shape index (κ2) is 6.86. The molecule has 0 aliphatic rings. The van der Waals surface area contributed by atoms with Crippen LogP contribution in [0, 0.1) is 6.92 Å². The van der Waals surface area contributed by atoms with Crippen LogP contribution in [0.3, 0.4) is 0 Å². The minimum Gasteiger partial charge on any atom is -0.301 e. The molecule has 2 heterocycles. The highest BCUT2D eigenvalue weighted by atomic mass is 32.2. The topological polar surface area (TPSA) is 45.8 Å². The molecule has 0 bridgehead atoms. The van der Waals surface area contributed by atoms with Crippen molar-refractivity contribution in [1.29, 1.82) is 0 Å². The molecule has 0 amide bonds. The molecule has 0 saturated heterocycles. The Hall–Kier alpha value is -2.37. The third-order valence-electron chi connectivity index (χ3n) is 4.00. The summed E-state index contributed by atoms with van der Waals surface area (Å²) in [6.07, 6.45) is 0. The fourth-order valence-electron chi connectivity index (χ4n) is 2.66. The van der Waals surface area contributed by atoms with Crippen LogP contribution in [0.5, 0.6) is 0 Å². The standard InChI is InChI=1S/C20H16N2OS2/c1-13-7-9-14(10-8-13)11-25-20-21-18(23)17-16(12-24-19(17)22-20)15-5-3-2-4-6-15/h2-10,12H,11H2,1H3,(H,21,22,23). The summed E-state index contributed by atoms with van der Waals surface area (Å²) in [6.45, 7) is 2.07. The van der Waals surface area contributed by atoms with Gasteiger partial charge in [0.15, 0.2) is 5.16 Å². The Labute approximate surface area is 153 Å². The molecular weight excluding hydrogens is 348 g/mol. The monoisotopic (exact) mass is 364 g/mol. The number of aromatic amines is 1. The van der Waals surface area contributed by atoms with Crippen LogP contribution in [0.15, 0.2) is 69.9 Å². The maximum Gasteiger partial charge on any atom is 0.260 e. The Balaban J connectivity index is 1.64. The van der Waals surface area contributed by atoms with Gasteiger partial charge in [-0.15, -0.1) is 11.3 Å². The van der Waals surface area contributed by atoms with Gasteiger partial charge in [-0.1, -0.05) is 71.9 Å². The number of hydrogen-bond acceptors (Lipinski definition) is 4. The average Bonchev–Trinajstić information content (AvgIpc) is 3.07. The van der Waals surface area contributed by atoms with E-state index in [1.165, 1.54) is 22.5 Å². The SMILES string of the molecule is Cc1ccc(CSc2nc3scc(-c4ccccc4)c3c(=O)[nH]2)cc1. The Kier molecular flexibility index (Phi) is 4.42. The van der Waals surface area contributed by atoms with E-state index in [-0.39, 0.29) is 5.56 Å². The van der Waals surface area contributed by atoms with E-state index in [0.717, 1.165) is 21.7 Å². The number of thiophene rings is 1. The summed E-state index contributed by atoms with van der Waals surface area (Å²) in [5.41, 5.74) is 4.38. The molecule has 1 N–H and O–H groups in total. The first-order chi connectivity index (χ1) is 12.2. The van der Waals surface area contributed by atoms with E-state index >= 15 is 0 Å². The number of thioether (sulfide) groups is 1. The van der Waals surface area contributed by atoms with Gasteiger partial charge in [0.2, 0.25) is 0 Å². The van der Waals surface area contributed by atoms with Gasteiger partial charge in [0.05, 0.1) is 5.39 Å². The minimum atomic E-state index is -0.0727. The van der Waals surface area contributed by atoms with E-state index in [2.05, 4.69) is 41.2 Å². The molecule has 0 aliphatic carbocycles. The molecule has 0 fully saturated rings. The molecule has 0 radical (unpaired) electrons. The fraction of sp³-hybridized carbons (Fsp3) is 0.100. The smallest absolute Gasteiger partial charge is 0.260 e. The number of hydrogen-bond donors (Lipinski definition) is 1. The molecule has 0 aliphatic heterocycles. The van der Waals surface area contributed by atoms with Gasteiger partial charge in [0, 0.05) is 16.7 Å². The first kappa shape index (κ1) is 16.1. The molecule has 0 saturated carbocycles. The van der Waals surface area contributed by atoms with Crippen molar-refractivity contribution in [3.8, 4) is 11.1 Å². The molecule has 25 heavy (non-hydrogen) atoms. The first-order valence-corrected chi connectivity index (χ1v) is 9.82. The van der Waals surface area contributed by atoms with Crippen LogP contribution < -0.4 is 5.56 Å². The molecule has 0 unspecified atom stereocenters. The largest absolute Gasteiger partial charge is 0.301 e. The number of nitrogens with zero attached hydrogens (tertiary/aromatic N) is 1. The summed E-state index contributed by atoms with van der Waals surface area (Å²) in [6, 6.07) is 18.4. The average molecular weight is 364 g/mol. The number of rotatable bonds is 4. The van der Waals surface area contributed by atoms with Gasteiger partial charge in [-0.05, 0) is 18.1 Å². The van der Waals surface area contributed by atoms with E-state index in [1.807, 2.05) is 35.7 Å². The Morgan fingerprint density at radius 1 is 1.08 bits per heavy atom. The second-order valence-corrected chi connectivity index (χ2v) is 7.66. The van der Waals surface area contributed by atoms with Gasteiger partial charge in [0.1, 0.15) is 4.83 Å². The molecule has 4 aromatic rings. The maximum atomic E-state index is 12.6. The van der Waals surface area contributed by atoms with Crippen LogP contribution in [0.2, 0.25) is 0 Å². The van der Waals surface area contributed by atoms with E-state index in [9.17, 15) is 4.79 Å². The maximum absolute atomic E-state index is 12.6. The van der Waals surface area contributed by atoms with E-state index in [4.69, 9.17) is 0 Å². The first-order valence-electron chi connectivity index (χ1n) is 7.96.